The molecule has 0 aliphatic rings. The minimum Gasteiger partial charge on any atom is -0.480 e. The minimum atomic E-state index is -0.996. The number of hydrogen-bond acceptors (Lipinski definition) is 2. The monoisotopic (exact) mass is 242 g/mol. The lowest BCUT2D eigenvalue weighted by Crippen LogP contribution is -2.32. The van der Waals surface area contributed by atoms with Gasteiger partial charge in [-0.05, 0) is 23.3 Å². The van der Waals surface area contributed by atoms with E-state index < -0.39 is 12.0 Å². The summed E-state index contributed by atoms with van der Waals surface area (Å²) in [6.45, 7) is 0. The Morgan fingerprint density at radius 3 is 3.00 bits per heavy atom. The molecule has 0 saturated heterocycles. The summed E-state index contributed by atoms with van der Waals surface area (Å²) in [6, 6.07) is 4.99. The maximum Gasteiger partial charge on any atom is 0.320 e. The average molecular weight is 242 g/mol. The fraction of sp³-hybridized carbons (Fsp3) is 0.214. The molecule has 1 unspecified atom stereocenters. The zero-order chi connectivity index (χ0) is 13.1. The van der Waals surface area contributed by atoms with E-state index in [9.17, 15) is 4.79 Å². The highest BCUT2D eigenvalue weighted by Gasteiger charge is 2.14. The zero-order valence-electron chi connectivity index (χ0n) is 9.81. The summed E-state index contributed by atoms with van der Waals surface area (Å²) in [5, 5.41) is 9.82. The Morgan fingerprint density at radius 2 is 2.33 bits per heavy atom. The number of aromatic amines is 1. The van der Waals surface area contributed by atoms with Gasteiger partial charge in [-0.15, -0.1) is 12.3 Å². The molecule has 4 nitrogen and oxygen atoms in total. The van der Waals surface area contributed by atoms with Gasteiger partial charge in [-0.2, -0.15) is 0 Å². The van der Waals surface area contributed by atoms with Gasteiger partial charge < -0.3 is 15.8 Å². The number of aromatic nitrogens is 1. The van der Waals surface area contributed by atoms with Crippen LogP contribution in [0.25, 0.3) is 10.9 Å². The number of H-pyrrole nitrogens is 1. The standard InChI is InChI=1S/C14H14N2O2/c1-2-3-9-4-5-13-11(6-9)10(8-16-13)7-12(15)14(17)18/h1,4-6,8,12,16H,3,7,15H2,(H,17,18). The second-order valence-corrected chi connectivity index (χ2v) is 4.22. The molecule has 0 radical (unpaired) electrons. The first-order valence-electron chi connectivity index (χ1n) is 5.62. The van der Waals surface area contributed by atoms with Gasteiger partial charge in [0.15, 0.2) is 0 Å². The van der Waals surface area contributed by atoms with Crippen LogP contribution in [0.5, 0.6) is 0 Å². The minimum absolute atomic E-state index is 0.300. The lowest BCUT2D eigenvalue weighted by atomic mass is 10.0. The van der Waals surface area contributed by atoms with Crippen molar-refractivity contribution in [1.82, 2.24) is 4.98 Å². The number of hydrogen-bond donors (Lipinski definition) is 3. The molecular formula is C14H14N2O2. The molecule has 2 aromatic rings. The molecule has 92 valence electrons. The van der Waals surface area contributed by atoms with E-state index in [1.54, 1.807) is 6.20 Å². The molecule has 1 aromatic carbocycles. The van der Waals surface area contributed by atoms with Crippen LogP contribution in [0.4, 0.5) is 0 Å². The molecule has 4 heteroatoms. The van der Waals surface area contributed by atoms with Crippen LogP contribution in [-0.4, -0.2) is 22.1 Å². The van der Waals surface area contributed by atoms with E-state index in [1.165, 1.54) is 0 Å². The predicted octanol–water partition coefficient (Wildman–Crippen LogP) is 1.30. The Bertz CT molecular complexity index is 622. The summed E-state index contributed by atoms with van der Waals surface area (Å²) in [5.41, 5.74) is 8.45. The highest BCUT2D eigenvalue weighted by molar-refractivity contribution is 5.85. The SMILES string of the molecule is C#CCc1ccc2[nH]cc(CC(N)C(=O)O)c2c1. The molecule has 1 atom stereocenters. The summed E-state index contributed by atoms with van der Waals surface area (Å²) in [4.78, 5) is 13.9. The number of carbonyl (C=O) groups is 1. The topological polar surface area (TPSA) is 79.1 Å². The van der Waals surface area contributed by atoms with E-state index in [4.69, 9.17) is 17.3 Å². The van der Waals surface area contributed by atoms with Gasteiger partial charge in [-0.1, -0.05) is 6.07 Å². The van der Waals surface area contributed by atoms with Crippen LogP contribution in [0.15, 0.2) is 24.4 Å². The molecular weight excluding hydrogens is 228 g/mol. The Hall–Kier alpha value is -2.25. The number of aliphatic carboxylic acids is 1. The summed E-state index contributed by atoms with van der Waals surface area (Å²) in [7, 11) is 0. The number of nitrogens with one attached hydrogen (secondary N) is 1. The Kier molecular flexibility index (Phi) is 3.35. The third kappa shape index (κ3) is 2.36. The smallest absolute Gasteiger partial charge is 0.320 e. The van der Waals surface area contributed by atoms with Crippen molar-refractivity contribution in [2.45, 2.75) is 18.9 Å². The molecule has 0 spiro atoms. The third-order valence-corrected chi connectivity index (χ3v) is 2.90. The third-order valence-electron chi connectivity index (χ3n) is 2.90. The molecule has 4 N–H and O–H groups in total. The van der Waals surface area contributed by atoms with E-state index in [0.717, 1.165) is 22.0 Å². The number of benzene rings is 1. The van der Waals surface area contributed by atoms with Crippen LogP contribution >= 0.6 is 0 Å². The molecule has 0 saturated carbocycles. The maximum absolute atomic E-state index is 10.8. The second-order valence-electron chi connectivity index (χ2n) is 4.22. The van der Waals surface area contributed by atoms with Gasteiger partial charge in [-0.25, -0.2) is 0 Å². The van der Waals surface area contributed by atoms with E-state index in [-0.39, 0.29) is 0 Å². The van der Waals surface area contributed by atoms with E-state index in [0.29, 0.717) is 12.8 Å². The van der Waals surface area contributed by atoms with E-state index in [1.807, 2.05) is 18.2 Å². The molecule has 0 fully saturated rings. The highest BCUT2D eigenvalue weighted by atomic mass is 16.4. The van der Waals surface area contributed by atoms with E-state index in [2.05, 4.69) is 10.9 Å². The molecule has 2 rings (SSSR count). The van der Waals surface area contributed by atoms with Crippen LogP contribution in [0, 0.1) is 12.3 Å². The van der Waals surface area contributed by atoms with Crippen molar-refractivity contribution in [1.29, 1.82) is 0 Å². The summed E-state index contributed by atoms with van der Waals surface area (Å²) in [6.07, 6.45) is 7.94. The van der Waals surface area contributed by atoms with Crippen molar-refractivity contribution in [2.75, 3.05) is 0 Å². The fourth-order valence-corrected chi connectivity index (χ4v) is 1.95. The van der Waals surface area contributed by atoms with Crippen molar-refractivity contribution >= 4 is 16.9 Å². The molecule has 1 heterocycles. The second kappa shape index (κ2) is 4.94. The predicted molar refractivity (Wildman–Crippen MR) is 70.2 cm³/mol. The van der Waals surface area contributed by atoms with Gasteiger partial charge in [-0.3, -0.25) is 4.79 Å². The highest BCUT2D eigenvalue weighted by Crippen LogP contribution is 2.21. The molecule has 0 aliphatic carbocycles. The van der Waals surface area contributed by atoms with Crippen molar-refractivity contribution < 1.29 is 9.90 Å². The summed E-state index contributed by atoms with van der Waals surface area (Å²) in [5.74, 6) is 1.59. The van der Waals surface area contributed by atoms with Gasteiger partial charge in [0, 0.05) is 29.9 Å². The van der Waals surface area contributed by atoms with Crippen LogP contribution in [-0.2, 0) is 17.6 Å². The van der Waals surface area contributed by atoms with Crippen molar-refractivity contribution in [3.05, 3.63) is 35.5 Å². The Balaban J connectivity index is 2.36. The Morgan fingerprint density at radius 1 is 1.56 bits per heavy atom. The molecule has 0 amide bonds. The normalized spacial score (nSPS) is 12.2. The first kappa shape index (κ1) is 12.2. The first-order chi connectivity index (χ1) is 8.61. The number of nitrogens with two attached hydrogens (primary N) is 1. The van der Waals surface area contributed by atoms with E-state index >= 15 is 0 Å². The lowest BCUT2D eigenvalue weighted by Gasteiger charge is -2.05. The Labute approximate surface area is 105 Å². The van der Waals surface area contributed by atoms with Gasteiger partial charge in [0.2, 0.25) is 0 Å². The van der Waals surface area contributed by atoms with Crippen molar-refractivity contribution in [2.24, 2.45) is 5.73 Å². The van der Waals surface area contributed by atoms with Gasteiger partial charge >= 0.3 is 5.97 Å². The quantitative estimate of drug-likeness (QED) is 0.707. The number of carboxylic acids is 1. The average Bonchev–Trinajstić information content (AvgIpc) is 2.72. The summed E-state index contributed by atoms with van der Waals surface area (Å²) < 4.78 is 0. The van der Waals surface area contributed by atoms with Crippen LogP contribution in [0.2, 0.25) is 0 Å². The number of terminal acetylenes is 1. The molecule has 0 aliphatic heterocycles. The molecule has 1 aromatic heterocycles. The number of carboxylic acid groups (broad SMARTS) is 1. The van der Waals surface area contributed by atoms with Crippen LogP contribution in [0.1, 0.15) is 11.1 Å². The van der Waals surface area contributed by atoms with Crippen molar-refractivity contribution in [3.8, 4) is 12.3 Å². The number of rotatable bonds is 4. The van der Waals surface area contributed by atoms with Crippen LogP contribution < -0.4 is 5.73 Å². The maximum atomic E-state index is 10.8. The van der Waals surface area contributed by atoms with Gasteiger partial charge in [0.1, 0.15) is 6.04 Å². The molecule has 18 heavy (non-hydrogen) atoms. The van der Waals surface area contributed by atoms with Gasteiger partial charge in [0.25, 0.3) is 0 Å². The largest absolute Gasteiger partial charge is 0.480 e. The fourth-order valence-electron chi connectivity index (χ4n) is 1.95. The van der Waals surface area contributed by atoms with Crippen LogP contribution in [0.3, 0.4) is 0 Å². The van der Waals surface area contributed by atoms with Crippen molar-refractivity contribution in [3.63, 3.8) is 0 Å². The molecule has 0 bridgehead atoms. The van der Waals surface area contributed by atoms with Gasteiger partial charge in [0.05, 0.1) is 0 Å². The first-order valence-corrected chi connectivity index (χ1v) is 5.62. The lowest BCUT2D eigenvalue weighted by molar-refractivity contribution is -0.138. The number of fused-ring (bicyclic) bond motifs is 1. The zero-order valence-corrected chi connectivity index (χ0v) is 9.81. The summed E-state index contributed by atoms with van der Waals surface area (Å²) >= 11 is 0.